The molecule has 2 aliphatic rings. The number of nitrogens with one attached hydrogen (secondary N) is 1. The van der Waals surface area contributed by atoms with E-state index in [2.05, 4.69) is 55.4 Å². The molecule has 40 heavy (non-hydrogen) atoms. The number of Topliss-reactive ketones (excluding diaryl/α,β-unsaturated/α-hetero) is 2. The second-order valence-electron chi connectivity index (χ2n) is 12.2. The summed E-state index contributed by atoms with van der Waals surface area (Å²) < 4.78 is 1.13. The molecule has 1 aliphatic carbocycles. The fourth-order valence-corrected chi connectivity index (χ4v) is 7.22. The van der Waals surface area contributed by atoms with Gasteiger partial charge in [0, 0.05) is 50.4 Å². The van der Waals surface area contributed by atoms with Crippen molar-refractivity contribution in [3.05, 3.63) is 40.4 Å². The summed E-state index contributed by atoms with van der Waals surface area (Å²) in [6.07, 6.45) is 11.0. The molecule has 6 nitrogen and oxygen atoms in total. The Bertz CT molecular complexity index is 1210. The van der Waals surface area contributed by atoms with E-state index in [-0.39, 0.29) is 29.9 Å². The summed E-state index contributed by atoms with van der Waals surface area (Å²) in [5.74, 6) is 0.607. The van der Waals surface area contributed by atoms with Gasteiger partial charge in [0.15, 0.2) is 5.78 Å². The Balaban J connectivity index is 1.48. The van der Waals surface area contributed by atoms with Crippen LogP contribution in [-0.4, -0.2) is 53.5 Å². The molecular weight excluding hydrogens is 518 g/mol. The van der Waals surface area contributed by atoms with Crippen molar-refractivity contribution in [1.29, 1.82) is 0 Å². The van der Waals surface area contributed by atoms with Crippen LogP contribution >= 0.6 is 11.3 Å². The minimum absolute atomic E-state index is 0.0399. The molecule has 0 radical (unpaired) electrons. The lowest BCUT2D eigenvalue weighted by molar-refractivity contribution is -0.130. The van der Waals surface area contributed by atoms with Crippen molar-refractivity contribution in [3.63, 3.8) is 0 Å². The average molecular weight is 566 g/mol. The van der Waals surface area contributed by atoms with E-state index < -0.39 is 5.92 Å². The van der Waals surface area contributed by atoms with Crippen LogP contribution in [0.15, 0.2) is 29.8 Å². The highest BCUT2D eigenvalue weighted by molar-refractivity contribution is 7.18. The normalized spacial score (nSPS) is 18.5. The van der Waals surface area contributed by atoms with Gasteiger partial charge in [0.05, 0.1) is 21.1 Å². The highest BCUT2D eigenvalue weighted by Crippen LogP contribution is 2.31. The minimum atomic E-state index is -0.450. The lowest BCUT2D eigenvalue weighted by Gasteiger charge is -2.32. The number of likely N-dealkylation sites (N-methyl/N-ethyl adjacent to an activating group) is 1. The molecule has 7 heteroatoms. The van der Waals surface area contributed by atoms with E-state index in [9.17, 15) is 14.4 Å². The maximum absolute atomic E-state index is 13.8. The van der Waals surface area contributed by atoms with Crippen LogP contribution in [-0.2, 0) is 20.8 Å². The number of thiazole rings is 1. The average Bonchev–Trinajstić information content (AvgIpc) is 3.36. The minimum Gasteiger partial charge on any atom is -0.353 e. The second-order valence-corrected chi connectivity index (χ2v) is 13.3. The van der Waals surface area contributed by atoms with Crippen molar-refractivity contribution in [3.8, 4) is 0 Å². The molecule has 218 valence electrons. The third kappa shape index (κ3) is 8.32. The van der Waals surface area contributed by atoms with Crippen molar-refractivity contribution in [2.75, 3.05) is 20.1 Å². The van der Waals surface area contributed by atoms with Gasteiger partial charge in [-0.15, -0.1) is 11.3 Å². The number of rotatable bonds is 13. The lowest BCUT2D eigenvalue weighted by atomic mass is 9.81. The van der Waals surface area contributed by atoms with Gasteiger partial charge in [-0.2, -0.15) is 0 Å². The van der Waals surface area contributed by atoms with E-state index in [4.69, 9.17) is 4.98 Å². The third-order valence-corrected chi connectivity index (χ3v) is 9.75. The number of hydrogen-bond donors (Lipinski definition) is 1. The molecule has 1 aromatic heterocycles. The van der Waals surface area contributed by atoms with Crippen LogP contribution in [0.25, 0.3) is 10.2 Å². The van der Waals surface area contributed by atoms with E-state index in [1.807, 2.05) is 6.92 Å². The van der Waals surface area contributed by atoms with Crippen LogP contribution in [0.2, 0.25) is 0 Å². The molecule has 2 atom stereocenters. The zero-order valence-corrected chi connectivity index (χ0v) is 25.7. The van der Waals surface area contributed by atoms with Gasteiger partial charge in [-0.1, -0.05) is 52.2 Å². The van der Waals surface area contributed by atoms with Gasteiger partial charge >= 0.3 is 0 Å². The van der Waals surface area contributed by atoms with Crippen LogP contribution in [0.4, 0.5) is 0 Å². The van der Waals surface area contributed by atoms with E-state index in [1.54, 1.807) is 11.3 Å². The maximum Gasteiger partial charge on any atom is 0.224 e. The predicted octanol–water partition coefficient (Wildman–Crippen LogP) is 6.62. The molecule has 1 amide bonds. The van der Waals surface area contributed by atoms with Crippen LogP contribution in [0.5, 0.6) is 0 Å². The number of nitrogens with zero attached hydrogens (tertiary/aromatic N) is 2. The molecular formula is C33H47N3O3S. The number of ketones is 2. The summed E-state index contributed by atoms with van der Waals surface area (Å²) in [5.41, 5.74) is 3.13. The maximum atomic E-state index is 13.8. The first-order valence-electron chi connectivity index (χ1n) is 15.4. The van der Waals surface area contributed by atoms with Crippen molar-refractivity contribution in [1.82, 2.24) is 15.2 Å². The van der Waals surface area contributed by atoms with E-state index in [0.29, 0.717) is 44.1 Å². The Kier molecular flexibility index (Phi) is 11.1. The van der Waals surface area contributed by atoms with Crippen LogP contribution in [0.3, 0.4) is 0 Å². The summed E-state index contributed by atoms with van der Waals surface area (Å²) in [5, 5.41) is 4.27. The molecule has 0 saturated heterocycles. The van der Waals surface area contributed by atoms with Crippen molar-refractivity contribution in [2.45, 2.75) is 103 Å². The predicted molar refractivity (Wildman–Crippen MR) is 164 cm³/mol. The number of amides is 1. The Labute approximate surface area is 244 Å². The molecule has 4 rings (SSSR count). The van der Waals surface area contributed by atoms with Crippen molar-refractivity contribution >= 4 is 39.0 Å². The molecule has 0 unspecified atom stereocenters. The number of carbonyl (C=O) groups excluding carboxylic acids is 3. The first-order valence-corrected chi connectivity index (χ1v) is 16.2. The van der Waals surface area contributed by atoms with Crippen molar-refractivity contribution in [2.24, 2.45) is 11.8 Å². The lowest BCUT2D eigenvalue weighted by Crippen LogP contribution is -2.45. The van der Waals surface area contributed by atoms with Crippen LogP contribution < -0.4 is 5.32 Å². The Morgan fingerprint density at radius 1 is 1.15 bits per heavy atom. The fraction of sp³-hybridized carbons (Fsp3) is 0.636. The Morgan fingerprint density at radius 2 is 1.93 bits per heavy atom. The second kappa shape index (κ2) is 14.5. The largest absolute Gasteiger partial charge is 0.353 e. The van der Waals surface area contributed by atoms with E-state index in [1.165, 1.54) is 24.8 Å². The molecule has 2 aromatic rings. The molecule has 2 heterocycles. The van der Waals surface area contributed by atoms with Gasteiger partial charge in [0.2, 0.25) is 5.91 Å². The molecule has 0 spiro atoms. The van der Waals surface area contributed by atoms with Crippen LogP contribution in [0.1, 0.15) is 101 Å². The summed E-state index contributed by atoms with van der Waals surface area (Å²) in [6.45, 7) is 7.92. The molecule has 0 bridgehead atoms. The number of carbonyl (C=O) groups is 3. The Morgan fingerprint density at radius 3 is 2.62 bits per heavy atom. The van der Waals surface area contributed by atoms with Gasteiger partial charge < -0.3 is 10.2 Å². The summed E-state index contributed by atoms with van der Waals surface area (Å²) in [7, 11) is 2.05. The summed E-state index contributed by atoms with van der Waals surface area (Å²) in [4.78, 5) is 46.5. The summed E-state index contributed by atoms with van der Waals surface area (Å²) >= 11 is 1.63. The van der Waals surface area contributed by atoms with Gasteiger partial charge in [-0.3, -0.25) is 14.4 Å². The number of benzene rings is 1. The highest BCUT2D eigenvalue weighted by atomic mass is 32.1. The summed E-state index contributed by atoms with van der Waals surface area (Å²) in [6, 6.07) is 6.34. The first-order chi connectivity index (χ1) is 19.2. The molecule has 1 aliphatic heterocycles. The van der Waals surface area contributed by atoms with Crippen molar-refractivity contribution < 1.29 is 14.4 Å². The van der Waals surface area contributed by atoms with Gasteiger partial charge in [0.25, 0.3) is 0 Å². The third-order valence-electron chi connectivity index (χ3n) is 8.71. The number of aromatic nitrogens is 1. The van der Waals surface area contributed by atoms with Gasteiger partial charge in [-0.05, 0) is 62.3 Å². The van der Waals surface area contributed by atoms with E-state index >= 15 is 0 Å². The molecule has 1 fully saturated rings. The zero-order valence-electron chi connectivity index (χ0n) is 24.8. The Hall–Kier alpha value is -2.38. The van der Waals surface area contributed by atoms with Gasteiger partial charge in [0.1, 0.15) is 5.78 Å². The highest BCUT2D eigenvalue weighted by Gasteiger charge is 2.30. The smallest absolute Gasteiger partial charge is 0.224 e. The first kappa shape index (κ1) is 30.6. The quantitative estimate of drug-likeness (QED) is 0.295. The molecule has 1 saturated carbocycles. The van der Waals surface area contributed by atoms with Gasteiger partial charge in [-0.25, -0.2) is 4.98 Å². The monoisotopic (exact) mass is 565 g/mol. The van der Waals surface area contributed by atoms with Crippen LogP contribution in [0, 0.1) is 11.8 Å². The number of hydrogen-bond acceptors (Lipinski definition) is 6. The zero-order chi connectivity index (χ0) is 28.6. The van der Waals surface area contributed by atoms with E-state index in [0.717, 1.165) is 46.6 Å². The molecule has 1 aromatic carbocycles. The molecule has 1 N–H and O–H groups in total. The number of fused-ring (bicyclic) bond motifs is 1. The fourth-order valence-electron chi connectivity index (χ4n) is 6.13. The standard InChI is InChI=1S/C33H47N3O3S/c1-5-27(37)18-26(20-32-34-29-14-13-24(22(2)3)19-31(29)40-32)33(39)35-28(23-10-7-6-8-11-23)15-16-30(38)25-12-9-17-36(4)21-25/h12-14,19,22-23,26,28H,5-11,15-18,20-21H2,1-4H3,(H,35,39)/t26-,28+/m0/s1. The topological polar surface area (TPSA) is 79.4 Å². The SMILES string of the molecule is CCC(=O)C[C@@H](Cc1nc2ccc(C(C)C)cc2s1)C(=O)N[C@H](CCC(=O)C1=CCCN(C)C1)C1CCCCC1.